The lowest BCUT2D eigenvalue weighted by Gasteiger charge is -2.22. The Bertz CT molecular complexity index is 609. The minimum absolute atomic E-state index is 0.291. The molecule has 1 aromatic carbocycles. The number of carbonyl (C=O) groups excluding carboxylic acids is 1. The number of thiazole rings is 1. The van der Waals surface area contributed by atoms with Crippen LogP contribution in [0, 0.1) is 0 Å². The topological polar surface area (TPSA) is 71.6 Å². The van der Waals surface area contributed by atoms with Crippen molar-refractivity contribution in [2.75, 3.05) is 0 Å². The number of aromatic nitrogens is 1. The molecule has 2 amide bonds. The number of amidine groups is 1. The molecular weight excluding hydrogens is 260 g/mol. The zero-order chi connectivity index (χ0) is 13.2. The predicted octanol–water partition coefficient (Wildman–Crippen LogP) is 2.18. The highest BCUT2D eigenvalue weighted by Crippen LogP contribution is 2.30. The summed E-state index contributed by atoms with van der Waals surface area (Å²) in [6, 6.07) is 9.21. The van der Waals surface area contributed by atoms with E-state index < -0.39 is 0 Å². The molecule has 0 radical (unpaired) electrons. The van der Waals surface area contributed by atoms with Gasteiger partial charge in [-0.15, -0.1) is 11.3 Å². The maximum Gasteiger partial charge on any atom is 0.346 e. The Morgan fingerprint density at radius 3 is 2.79 bits per heavy atom. The van der Waals surface area contributed by atoms with E-state index in [1.165, 1.54) is 11.3 Å². The third-order valence-corrected chi connectivity index (χ3v) is 3.81. The summed E-state index contributed by atoms with van der Waals surface area (Å²) in [6.45, 7) is 0.492. The quantitative estimate of drug-likeness (QED) is 0.930. The maximum atomic E-state index is 11.9. The van der Waals surface area contributed by atoms with E-state index in [-0.39, 0.29) is 12.1 Å². The number of hydrogen-bond donors (Lipinski definition) is 1. The van der Waals surface area contributed by atoms with Crippen molar-refractivity contribution in [3.05, 3.63) is 52.5 Å². The molecule has 5 nitrogen and oxygen atoms in total. The van der Waals surface area contributed by atoms with Crippen LogP contribution in [0.1, 0.15) is 16.5 Å². The molecule has 1 aromatic heterocycles. The number of amides is 2. The van der Waals surface area contributed by atoms with Gasteiger partial charge in [0.1, 0.15) is 11.9 Å². The summed E-state index contributed by atoms with van der Waals surface area (Å²) in [7, 11) is 0. The fraction of sp³-hybridized carbons (Fsp3) is 0.154. The highest BCUT2D eigenvalue weighted by Gasteiger charge is 2.35. The summed E-state index contributed by atoms with van der Waals surface area (Å²) in [5.74, 6) is 0.338. The number of benzene rings is 1. The molecule has 6 heteroatoms. The van der Waals surface area contributed by atoms with Crippen LogP contribution in [0.25, 0.3) is 0 Å². The average Bonchev–Trinajstić information content (AvgIpc) is 3.00. The van der Waals surface area contributed by atoms with Crippen LogP contribution in [-0.2, 0) is 6.54 Å². The van der Waals surface area contributed by atoms with E-state index in [4.69, 9.17) is 5.73 Å². The SMILES string of the molecule is NC1=NC(=O)N(Cc2ccccc2)C1c1cncs1. The van der Waals surface area contributed by atoms with Crippen LogP contribution in [0.15, 0.2) is 47.0 Å². The third-order valence-electron chi connectivity index (χ3n) is 2.98. The first-order valence-electron chi connectivity index (χ1n) is 5.82. The van der Waals surface area contributed by atoms with Gasteiger partial charge in [0.15, 0.2) is 0 Å². The summed E-state index contributed by atoms with van der Waals surface area (Å²) in [5.41, 5.74) is 8.65. The van der Waals surface area contributed by atoms with E-state index in [1.807, 2.05) is 30.3 Å². The molecule has 0 aliphatic carbocycles. The molecule has 3 rings (SSSR count). The summed E-state index contributed by atoms with van der Waals surface area (Å²) in [6.07, 6.45) is 1.73. The highest BCUT2D eigenvalue weighted by molar-refractivity contribution is 7.09. The van der Waals surface area contributed by atoms with Crippen LogP contribution in [0.2, 0.25) is 0 Å². The van der Waals surface area contributed by atoms with Gasteiger partial charge in [-0.1, -0.05) is 30.3 Å². The standard InChI is InChI=1S/C13H12N4OS/c14-12-11(10-6-15-8-19-10)17(13(18)16-12)7-9-4-2-1-3-5-9/h1-6,8,11H,7H2,(H2,14,16,18). The molecule has 1 unspecified atom stereocenters. The van der Waals surface area contributed by atoms with E-state index in [0.717, 1.165) is 10.4 Å². The number of rotatable bonds is 3. The molecule has 0 fully saturated rings. The van der Waals surface area contributed by atoms with Crippen molar-refractivity contribution in [1.82, 2.24) is 9.88 Å². The Kier molecular flexibility index (Phi) is 3.00. The van der Waals surface area contributed by atoms with Gasteiger partial charge in [0, 0.05) is 12.7 Å². The Morgan fingerprint density at radius 1 is 1.32 bits per heavy atom. The van der Waals surface area contributed by atoms with Crippen LogP contribution in [-0.4, -0.2) is 21.8 Å². The highest BCUT2D eigenvalue weighted by atomic mass is 32.1. The first-order valence-corrected chi connectivity index (χ1v) is 6.70. The zero-order valence-electron chi connectivity index (χ0n) is 10.1. The Labute approximate surface area is 114 Å². The van der Waals surface area contributed by atoms with Gasteiger partial charge < -0.3 is 10.6 Å². The van der Waals surface area contributed by atoms with Crippen LogP contribution in [0.4, 0.5) is 4.79 Å². The van der Waals surface area contributed by atoms with Crippen molar-refractivity contribution < 1.29 is 4.79 Å². The summed E-state index contributed by atoms with van der Waals surface area (Å²) in [4.78, 5) is 22.4. The van der Waals surface area contributed by atoms with Gasteiger partial charge in [0.25, 0.3) is 0 Å². The van der Waals surface area contributed by atoms with E-state index in [0.29, 0.717) is 12.4 Å². The Morgan fingerprint density at radius 2 is 2.11 bits per heavy atom. The van der Waals surface area contributed by atoms with Gasteiger partial charge >= 0.3 is 6.03 Å². The second kappa shape index (κ2) is 4.81. The molecule has 1 aliphatic heterocycles. The molecule has 2 N–H and O–H groups in total. The second-order valence-corrected chi connectivity index (χ2v) is 5.16. The minimum Gasteiger partial charge on any atom is -0.385 e. The average molecular weight is 272 g/mol. The van der Waals surface area contributed by atoms with Gasteiger partial charge in [-0.05, 0) is 5.56 Å². The lowest BCUT2D eigenvalue weighted by Crippen LogP contribution is -2.32. The first-order chi connectivity index (χ1) is 9.25. The fourth-order valence-corrected chi connectivity index (χ4v) is 2.85. The largest absolute Gasteiger partial charge is 0.385 e. The molecule has 1 atom stereocenters. The van der Waals surface area contributed by atoms with Crippen LogP contribution in [0.3, 0.4) is 0 Å². The van der Waals surface area contributed by atoms with E-state index >= 15 is 0 Å². The summed E-state index contributed by atoms with van der Waals surface area (Å²) < 4.78 is 0. The summed E-state index contributed by atoms with van der Waals surface area (Å²) in [5, 5.41) is 0. The monoisotopic (exact) mass is 272 g/mol. The van der Waals surface area contributed by atoms with E-state index in [1.54, 1.807) is 16.6 Å². The number of carbonyl (C=O) groups is 1. The molecular formula is C13H12N4OS. The molecule has 0 spiro atoms. The van der Waals surface area contributed by atoms with Crippen molar-refractivity contribution in [3.8, 4) is 0 Å². The minimum atomic E-state index is -0.292. The Balaban J connectivity index is 1.89. The van der Waals surface area contributed by atoms with E-state index in [9.17, 15) is 4.79 Å². The third kappa shape index (κ3) is 2.22. The van der Waals surface area contributed by atoms with Gasteiger partial charge in [-0.3, -0.25) is 4.98 Å². The van der Waals surface area contributed by atoms with E-state index in [2.05, 4.69) is 9.98 Å². The molecule has 2 aromatic rings. The van der Waals surface area contributed by atoms with Crippen LogP contribution in [0.5, 0.6) is 0 Å². The molecule has 0 saturated heterocycles. The Hall–Kier alpha value is -2.21. The van der Waals surface area contributed by atoms with Crippen molar-refractivity contribution in [1.29, 1.82) is 0 Å². The molecule has 19 heavy (non-hydrogen) atoms. The number of urea groups is 1. The van der Waals surface area contributed by atoms with Crippen molar-refractivity contribution in [2.24, 2.45) is 10.7 Å². The number of nitrogens with zero attached hydrogens (tertiary/aromatic N) is 3. The number of aliphatic imine (C=N–C) groups is 1. The molecule has 0 bridgehead atoms. The fourth-order valence-electron chi connectivity index (χ4n) is 2.10. The van der Waals surface area contributed by atoms with Gasteiger partial charge in [0.05, 0.1) is 10.4 Å². The lowest BCUT2D eigenvalue weighted by atomic mass is 10.1. The predicted molar refractivity (Wildman–Crippen MR) is 73.9 cm³/mol. The normalized spacial score (nSPS) is 18.7. The number of nitrogens with two attached hydrogens (primary N) is 1. The molecule has 2 heterocycles. The number of hydrogen-bond acceptors (Lipinski definition) is 4. The smallest absolute Gasteiger partial charge is 0.346 e. The van der Waals surface area contributed by atoms with Crippen LogP contribution < -0.4 is 5.73 Å². The van der Waals surface area contributed by atoms with Gasteiger partial charge in [-0.2, -0.15) is 4.99 Å². The van der Waals surface area contributed by atoms with Crippen molar-refractivity contribution in [2.45, 2.75) is 12.6 Å². The lowest BCUT2D eigenvalue weighted by molar-refractivity contribution is 0.204. The van der Waals surface area contributed by atoms with Gasteiger partial charge in [0.2, 0.25) is 0 Å². The maximum absolute atomic E-state index is 11.9. The molecule has 0 saturated carbocycles. The van der Waals surface area contributed by atoms with Crippen LogP contribution >= 0.6 is 11.3 Å². The summed E-state index contributed by atoms with van der Waals surface area (Å²) >= 11 is 1.47. The van der Waals surface area contributed by atoms with Crippen molar-refractivity contribution in [3.63, 3.8) is 0 Å². The first kappa shape index (κ1) is 11.9. The second-order valence-electron chi connectivity index (χ2n) is 4.24. The molecule has 96 valence electrons. The zero-order valence-corrected chi connectivity index (χ0v) is 10.9. The van der Waals surface area contributed by atoms with Gasteiger partial charge in [-0.25, -0.2) is 4.79 Å². The van der Waals surface area contributed by atoms with Crippen molar-refractivity contribution >= 4 is 23.2 Å². The molecule has 1 aliphatic rings.